The van der Waals surface area contributed by atoms with Gasteiger partial charge in [-0.15, -0.1) is 0 Å². The van der Waals surface area contributed by atoms with Gasteiger partial charge < -0.3 is 0 Å². The summed E-state index contributed by atoms with van der Waals surface area (Å²) in [5.74, 6) is -0.860. The Morgan fingerprint density at radius 2 is 1.82 bits per heavy atom. The number of carbonyl (C=O) groups is 2. The Labute approximate surface area is 115 Å². The minimum absolute atomic E-state index is 0.0468. The van der Waals surface area contributed by atoms with Crippen molar-refractivity contribution in [2.45, 2.75) is 19.3 Å². The van der Waals surface area contributed by atoms with Crippen molar-refractivity contribution in [3.05, 3.63) is 29.8 Å². The van der Waals surface area contributed by atoms with Gasteiger partial charge in [-0.3, -0.25) is 0 Å². The first kappa shape index (κ1) is 14.1. The molecule has 4 nitrogen and oxygen atoms in total. The number of esters is 1. The monoisotopic (exact) mass is 431 g/mol. The fourth-order valence-corrected chi connectivity index (χ4v) is 1.72. The predicted molar refractivity (Wildman–Crippen MR) is 59.2 cm³/mol. The maximum absolute atomic E-state index is 11.2. The van der Waals surface area contributed by atoms with Crippen LogP contribution in [-0.4, -0.2) is 18.5 Å². The summed E-state index contributed by atoms with van der Waals surface area (Å²) in [5, 5.41) is 0. The molecule has 1 rings (SSSR count). The molecule has 0 aliphatic carbocycles. The molecule has 17 heavy (non-hydrogen) atoms. The molecule has 2 N–H and O–H groups in total. The molecule has 1 aromatic carbocycles. The second-order valence-corrected chi connectivity index (χ2v) is 5.26. The van der Waals surface area contributed by atoms with E-state index in [0.29, 0.717) is 13.0 Å². The van der Waals surface area contributed by atoms with E-state index >= 15 is 0 Å². The molecule has 92 valence electrons. The van der Waals surface area contributed by atoms with E-state index in [1.165, 1.54) is 3.27 Å². The number of primary amides is 1. The number of amides is 1. The zero-order valence-electron chi connectivity index (χ0n) is 9.32. The number of hydrogen-bond donors (Lipinski definition) is 1. The van der Waals surface area contributed by atoms with Gasteiger partial charge in [-0.25, -0.2) is 0 Å². The first-order valence-corrected chi connectivity index (χ1v) is 6.73. The molecule has 0 saturated heterocycles. The van der Waals surface area contributed by atoms with Crippen LogP contribution in [0.2, 0.25) is 0 Å². The van der Waals surface area contributed by atoms with Crippen LogP contribution in [0.15, 0.2) is 24.3 Å². The Morgan fingerprint density at radius 1 is 1.18 bits per heavy atom. The van der Waals surface area contributed by atoms with Crippen molar-refractivity contribution >= 4 is 15.1 Å². The van der Waals surface area contributed by atoms with E-state index in [-0.39, 0.29) is 18.8 Å². The molecule has 0 heterocycles. The third kappa shape index (κ3) is 6.37. The number of benzene rings is 1. The summed E-state index contributed by atoms with van der Waals surface area (Å²) in [6, 6.07) is 8.13. The van der Waals surface area contributed by atoms with E-state index in [2.05, 4.69) is 0 Å². The summed E-state index contributed by atoms with van der Waals surface area (Å²) in [5.41, 5.74) is 6.06. The molecule has 0 saturated carbocycles. The SMILES string of the molecule is NC(=O)CCC(=O)OCCc1ccc([211At])cc1. The van der Waals surface area contributed by atoms with Crippen LogP contribution < -0.4 is 9.01 Å². The first-order valence-electron chi connectivity index (χ1n) is 5.26. The molecule has 0 bridgehead atoms. The Morgan fingerprint density at radius 3 is 2.41 bits per heavy atom. The van der Waals surface area contributed by atoms with E-state index in [1.807, 2.05) is 24.3 Å². The van der Waals surface area contributed by atoms with E-state index in [1.54, 1.807) is 24.7 Å². The third-order valence-electron chi connectivity index (χ3n) is 2.14. The Kier molecular flexibility index (Phi) is 6.13. The van der Waals surface area contributed by atoms with Crippen LogP contribution in [0.3, 0.4) is 0 Å². The average molecular weight is 431 g/mol. The van der Waals surface area contributed by atoms with Crippen molar-refractivity contribution in [1.82, 2.24) is 0 Å². The number of rotatable bonds is 6. The van der Waals surface area contributed by atoms with Gasteiger partial charge in [0, 0.05) is 0 Å². The Bertz CT molecular complexity index is 389. The van der Waals surface area contributed by atoms with E-state index in [4.69, 9.17) is 10.5 Å². The molecule has 0 aliphatic heterocycles. The maximum atomic E-state index is 11.2. The topological polar surface area (TPSA) is 69.4 Å². The van der Waals surface area contributed by atoms with Gasteiger partial charge in [-0.1, -0.05) is 0 Å². The van der Waals surface area contributed by atoms with Crippen LogP contribution in [0.25, 0.3) is 0 Å². The summed E-state index contributed by atoms with van der Waals surface area (Å²) in [4.78, 5) is 21.6. The third-order valence-corrected chi connectivity index (χ3v) is 3.12. The van der Waals surface area contributed by atoms with E-state index in [9.17, 15) is 9.59 Å². The van der Waals surface area contributed by atoms with Gasteiger partial charge in [0.05, 0.1) is 0 Å². The van der Waals surface area contributed by atoms with Gasteiger partial charge in [0.1, 0.15) is 0 Å². The normalized spacial score (nSPS) is 9.94. The van der Waals surface area contributed by atoms with Crippen LogP contribution in [0.5, 0.6) is 0 Å². The van der Waals surface area contributed by atoms with Gasteiger partial charge in [0.15, 0.2) is 0 Å². The fourth-order valence-electron chi connectivity index (χ4n) is 1.23. The molecule has 5 heteroatoms. The molecule has 0 aliphatic rings. The van der Waals surface area contributed by atoms with Crippen molar-refractivity contribution in [3.63, 3.8) is 0 Å². The van der Waals surface area contributed by atoms with Gasteiger partial charge in [-0.05, 0) is 0 Å². The molecule has 1 aromatic rings. The Balaban J connectivity index is 2.21. The van der Waals surface area contributed by atoms with Crippen LogP contribution in [0, 0.1) is 24.7 Å². The predicted octanol–water partition coefficient (Wildman–Crippen LogP) is 0.212. The summed E-state index contributed by atoms with van der Waals surface area (Å²) < 4.78 is 6.24. The zero-order valence-corrected chi connectivity index (χ0v) is 12.3. The molecule has 0 atom stereocenters. The van der Waals surface area contributed by atoms with Crippen molar-refractivity contribution in [1.29, 1.82) is 0 Å². The minimum atomic E-state index is -0.484. The summed E-state index contributed by atoms with van der Waals surface area (Å²) in [6.07, 6.45) is 0.797. The molecular formula is C12H14AtNO3. The second kappa shape index (κ2) is 7.38. The first-order chi connectivity index (χ1) is 8.08. The molecular weight excluding hydrogens is 417 g/mol. The average Bonchev–Trinajstić information content (AvgIpc) is 2.29. The van der Waals surface area contributed by atoms with Gasteiger partial charge in [-0.2, -0.15) is 0 Å². The van der Waals surface area contributed by atoms with Crippen molar-refractivity contribution < 1.29 is 39.0 Å². The van der Waals surface area contributed by atoms with Gasteiger partial charge >= 0.3 is 116 Å². The van der Waals surface area contributed by atoms with Crippen LogP contribution in [0.4, 0.5) is 0 Å². The van der Waals surface area contributed by atoms with Crippen molar-refractivity contribution in [3.8, 4) is 0 Å². The molecule has 0 aromatic heterocycles. The molecule has 0 spiro atoms. The van der Waals surface area contributed by atoms with E-state index in [0.717, 1.165) is 5.56 Å². The Hall–Kier alpha value is -0.957. The molecule has 0 radical (unpaired) electrons. The van der Waals surface area contributed by atoms with Crippen LogP contribution >= 0.6 is 0 Å². The number of hydrogen-bond acceptors (Lipinski definition) is 3. The number of nitrogens with two attached hydrogens (primary N) is 1. The number of ether oxygens (including phenoxy) is 1. The van der Waals surface area contributed by atoms with Crippen molar-refractivity contribution in [2.75, 3.05) is 6.61 Å². The molecule has 0 unspecified atom stereocenters. The van der Waals surface area contributed by atoms with Gasteiger partial charge in [0.25, 0.3) is 0 Å². The zero-order chi connectivity index (χ0) is 12.7. The summed E-state index contributed by atoms with van der Waals surface area (Å²) in [7, 11) is 0. The molecule has 0 fully saturated rings. The number of carbonyl (C=O) groups excluding carboxylic acids is 2. The fraction of sp³-hybridized carbons (Fsp3) is 0.333. The van der Waals surface area contributed by atoms with Crippen LogP contribution in [0.1, 0.15) is 18.4 Å². The quantitative estimate of drug-likeness (QED) is 0.656. The summed E-state index contributed by atoms with van der Waals surface area (Å²) in [6.45, 7) is 0.339. The standard InChI is InChI=1S/C12H14AtNO3/c13-10-3-1-9(2-4-10)7-8-17-12(16)6-5-11(14)15/h1-4H,5-8H2,(H2,14,15)/i13+1. The second-order valence-electron chi connectivity index (χ2n) is 3.56. The van der Waals surface area contributed by atoms with Crippen molar-refractivity contribution in [2.24, 2.45) is 5.73 Å². The summed E-state index contributed by atoms with van der Waals surface area (Å²) >= 11 is 1.63. The van der Waals surface area contributed by atoms with E-state index < -0.39 is 5.91 Å². The van der Waals surface area contributed by atoms with Gasteiger partial charge in [0.2, 0.25) is 0 Å². The van der Waals surface area contributed by atoms with Crippen LogP contribution in [-0.2, 0) is 20.7 Å². The molecule has 1 amide bonds.